The Hall–Kier alpha value is -1.30. The van der Waals surface area contributed by atoms with Gasteiger partial charge in [-0.05, 0) is 12.3 Å². The van der Waals surface area contributed by atoms with E-state index in [4.69, 9.17) is 5.11 Å². The molecule has 94 valence electrons. The van der Waals surface area contributed by atoms with E-state index >= 15 is 0 Å². The molecular formula is C11H16N2O3S. The van der Waals surface area contributed by atoms with Crippen molar-refractivity contribution in [1.29, 1.82) is 0 Å². The molecule has 1 unspecified atom stereocenters. The van der Waals surface area contributed by atoms with E-state index in [-0.39, 0.29) is 11.3 Å². The number of aromatic nitrogens is 2. The molecule has 1 rings (SSSR count). The molecule has 0 radical (unpaired) electrons. The summed E-state index contributed by atoms with van der Waals surface area (Å²) >= 11 is 0. The van der Waals surface area contributed by atoms with Crippen LogP contribution in [0.1, 0.15) is 36.3 Å². The summed E-state index contributed by atoms with van der Waals surface area (Å²) < 4.78 is 11.7. The average molecular weight is 256 g/mol. The Balaban J connectivity index is 2.68. The Bertz CT molecular complexity index is 421. The first-order valence-corrected chi connectivity index (χ1v) is 6.86. The maximum absolute atomic E-state index is 11.7. The first kappa shape index (κ1) is 13.8. The van der Waals surface area contributed by atoms with Gasteiger partial charge >= 0.3 is 5.97 Å². The Kier molecular flexibility index (Phi) is 5.21. The molecular weight excluding hydrogens is 240 g/mol. The first-order valence-electron chi connectivity index (χ1n) is 5.38. The summed E-state index contributed by atoms with van der Waals surface area (Å²) in [5.41, 5.74) is 0.375. The fourth-order valence-corrected chi connectivity index (χ4v) is 2.65. The van der Waals surface area contributed by atoms with Crippen LogP contribution in [0.5, 0.6) is 0 Å². The van der Waals surface area contributed by atoms with Crippen LogP contribution in [0.25, 0.3) is 0 Å². The molecule has 0 aliphatic carbocycles. The number of nitrogens with zero attached hydrogens (tertiary/aromatic N) is 2. The zero-order chi connectivity index (χ0) is 12.8. The molecule has 0 aromatic carbocycles. The molecule has 0 saturated heterocycles. The number of carbonyl (C=O) groups is 1. The van der Waals surface area contributed by atoms with Crippen LogP contribution >= 0.6 is 0 Å². The van der Waals surface area contributed by atoms with Crippen LogP contribution in [0, 0.1) is 5.92 Å². The van der Waals surface area contributed by atoms with Gasteiger partial charge < -0.3 is 5.11 Å². The van der Waals surface area contributed by atoms with E-state index in [0.29, 0.717) is 17.4 Å². The highest BCUT2D eigenvalue weighted by molar-refractivity contribution is 7.84. The lowest BCUT2D eigenvalue weighted by atomic mass is 10.2. The highest BCUT2D eigenvalue weighted by atomic mass is 32.2. The third-order valence-corrected chi connectivity index (χ3v) is 3.53. The molecule has 5 nitrogen and oxygen atoms in total. The summed E-state index contributed by atoms with van der Waals surface area (Å²) in [6.07, 6.45) is 3.38. The standard InChI is InChI=1S/C11H16N2O3S/c1-8(2)3-4-17(16)6-10-9(11(14)15)5-12-7-13-10/h5,7-8H,3-4,6H2,1-2H3,(H,14,15). The fourth-order valence-electron chi connectivity index (χ4n) is 1.24. The van der Waals surface area contributed by atoms with Gasteiger partial charge in [0, 0.05) is 22.7 Å². The highest BCUT2D eigenvalue weighted by Crippen LogP contribution is 2.09. The van der Waals surface area contributed by atoms with Crippen molar-refractivity contribution in [3.63, 3.8) is 0 Å². The van der Waals surface area contributed by atoms with Gasteiger partial charge in [-0.3, -0.25) is 4.21 Å². The highest BCUT2D eigenvalue weighted by Gasteiger charge is 2.14. The maximum atomic E-state index is 11.7. The van der Waals surface area contributed by atoms with E-state index in [2.05, 4.69) is 23.8 Å². The molecule has 1 heterocycles. The zero-order valence-corrected chi connectivity index (χ0v) is 10.7. The molecule has 0 spiro atoms. The number of aromatic carboxylic acids is 1. The normalized spacial score (nSPS) is 12.6. The van der Waals surface area contributed by atoms with E-state index in [1.807, 2.05) is 0 Å². The Morgan fingerprint density at radius 2 is 2.24 bits per heavy atom. The third kappa shape index (κ3) is 4.60. The van der Waals surface area contributed by atoms with Crippen molar-refractivity contribution in [3.8, 4) is 0 Å². The third-order valence-electron chi connectivity index (χ3n) is 2.25. The van der Waals surface area contributed by atoms with Gasteiger partial charge in [-0.2, -0.15) is 0 Å². The topological polar surface area (TPSA) is 80.2 Å². The van der Waals surface area contributed by atoms with Crippen molar-refractivity contribution in [3.05, 3.63) is 23.8 Å². The zero-order valence-electron chi connectivity index (χ0n) is 9.92. The largest absolute Gasteiger partial charge is 0.478 e. The number of carboxylic acids is 1. The van der Waals surface area contributed by atoms with Gasteiger partial charge in [0.2, 0.25) is 0 Å². The quantitative estimate of drug-likeness (QED) is 0.833. The van der Waals surface area contributed by atoms with E-state index in [9.17, 15) is 9.00 Å². The van der Waals surface area contributed by atoms with Crippen LogP contribution in [-0.2, 0) is 16.6 Å². The lowest BCUT2D eigenvalue weighted by Crippen LogP contribution is -2.10. The van der Waals surface area contributed by atoms with Crippen molar-refractivity contribution in [1.82, 2.24) is 9.97 Å². The minimum Gasteiger partial charge on any atom is -0.478 e. The van der Waals surface area contributed by atoms with Crippen LogP contribution in [0.3, 0.4) is 0 Å². The number of carboxylic acid groups (broad SMARTS) is 1. The van der Waals surface area contributed by atoms with E-state index in [1.165, 1.54) is 12.5 Å². The monoisotopic (exact) mass is 256 g/mol. The van der Waals surface area contributed by atoms with Gasteiger partial charge in [0.1, 0.15) is 11.9 Å². The number of hydrogen-bond acceptors (Lipinski definition) is 4. The van der Waals surface area contributed by atoms with Crippen molar-refractivity contribution in [2.45, 2.75) is 26.0 Å². The molecule has 1 aromatic heterocycles. The molecule has 0 aliphatic heterocycles. The van der Waals surface area contributed by atoms with E-state index < -0.39 is 16.8 Å². The summed E-state index contributed by atoms with van der Waals surface area (Å²) in [7, 11) is -1.07. The predicted molar refractivity (Wildman–Crippen MR) is 65.2 cm³/mol. The predicted octanol–water partition coefficient (Wildman–Crippen LogP) is 1.47. The summed E-state index contributed by atoms with van der Waals surface area (Å²) in [4.78, 5) is 18.4. The van der Waals surface area contributed by atoms with Gasteiger partial charge in [-0.15, -0.1) is 0 Å². The van der Waals surface area contributed by atoms with Crippen molar-refractivity contribution in [2.24, 2.45) is 5.92 Å². The molecule has 0 saturated carbocycles. The summed E-state index contributed by atoms with van der Waals surface area (Å²) in [6, 6.07) is 0. The van der Waals surface area contributed by atoms with Gasteiger partial charge in [0.25, 0.3) is 0 Å². The van der Waals surface area contributed by atoms with E-state index in [0.717, 1.165) is 6.42 Å². The Labute approximate surface area is 103 Å². The van der Waals surface area contributed by atoms with Gasteiger partial charge in [0.05, 0.1) is 11.4 Å². The Morgan fingerprint density at radius 3 is 2.82 bits per heavy atom. The smallest absolute Gasteiger partial charge is 0.339 e. The average Bonchev–Trinajstić information content (AvgIpc) is 2.27. The maximum Gasteiger partial charge on any atom is 0.339 e. The molecule has 6 heteroatoms. The second-order valence-electron chi connectivity index (χ2n) is 4.16. The van der Waals surface area contributed by atoms with Crippen molar-refractivity contribution in [2.75, 3.05) is 5.75 Å². The van der Waals surface area contributed by atoms with E-state index in [1.54, 1.807) is 0 Å². The first-order chi connectivity index (χ1) is 8.00. The summed E-state index contributed by atoms with van der Waals surface area (Å²) in [5, 5.41) is 8.92. The van der Waals surface area contributed by atoms with Crippen LogP contribution in [0.2, 0.25) is 0 Å². The lowest BCUT2D eigenvalue weighted by molar-refractivity contribution is 0.0695. The van der Waals surface area contributed by atoms with Crippen LogP contribution in [-0.4, -0.2) is 31.0 Å². The van der Waals surface area contributed by atoms with Gasteiger partial charge in [-0.25, -0.2) is 14.8 Å². The van der Waals surface area contributed by atoms with Gasteiger partial charge in [-0.1, -0.05) is 13.8 Å². The van der Waals surface area contributed by atoms with Crippen molar-refractivity contribution < 1.29 is 14.1 Å². The molecule has 0 amide bonds. The van der Waals surface area contributed by atoms with Crippen molar-refractivity contribution >= 4 is 16.8 Å². The van der Waals surface area contributed by atoms with Crippen LogP contribution < -0.4 is 0 Å². The van der Waals surface area contributed by atoms with Crippen LogP contribution in [0.4, 0.5) is 0 Å². The number of hydrogen-bond donors (Lipinski definition) is 1. The SMILES string of the molecule is CC(C)CCS(=O)Cc1ncncc1C(=O)O. The second-order valence-corrected chi connectivity index (χ2v) is 5.74. The fraction of sp³-hybridized carbons (Fsp3) is 0.545. The molecule has 17 heavy (non-hydrogen) atoms. The summed E-state index contributed by atoms with van der Waals surface area (Å²) in [5.74, 6) is 0.155. The molecule has 1 aromatic rings. The molecule has 0 fully saturated rings. The molecule has 0 aliphatic rings. The van der Waals surface area contributed by atoms with Crippen LogP contribution in [0.15, 0.2) is 12.5 Å². The summed E-state index contributed by atoms with van der Waals surface area (Å²) in [6.45, 7) is 4.12. The minimum absolute atomic E-state index is 0.0328. The second kappa shape index (κ2) is 6.44. The molecule has 1 N–H and O–H groups in total. The number of rotatable bonds is 6. The van der Waals surface area contributed by atoms with Gasteiger partial charge in [0.15, 0.2) is 0 Å². The lowest BCUT2D eigenvalue weighted by Gasteiger charge is -2.06. The molecule has 1 atom stereocenters. The minimum atomic E-state index is -1.08. The Morgan fingerprint density at radius 1 is 1.53 bits per heavy atom. The molecule has 0 bridgehead atoms.